The van der Waals surface area contributed by atoms with Gasteiger partial charge in [0.05, 0.1) is 11.1 Å². The van der Waals surface area contributed by atoms with Gasteiger partial charge in [-0.2, -0.15) is 4.98 Å². The Bertz CT molecular complexity index is 1670. The van der Waals surface area contributed by atoms with Gasteiger partial charge in [0.25, 0.3) is 0 Å². The Morgan fingerprint density at radius 2 is 1.88 bits per heavy atom. The van der Waals surface area contributed by atoms with Gasteiger partial charge in [-0.05, 0) is 42.7 Å². The van der Waals surface area contributed by atoms with Crippen LogP contribution in [0.4, 0.5) is 26.6 Å². The molecule has 11 heteroatoms. The van der Waals surface area contributed by atoms with Crippen LogP contribution in [0.1, 0.15) is 30.0 Å². The summed E-state index contributed by atoms with van der Waals surface area (Å²) in [6.07, 6.45) is 4.44. The Hall–Kier alpha value is -5.19. The molecule has 0 spiro atoms. The minimum atomic E-state index is -0.538. The van der Waals surface area contributed by atoms with Crippen LogP contribution in [0.3, 0.4) is 0 Å². The summed E-state index contributed by atoms with van der Waals surface area (Å²) < 4.78 is 26.3. The molecule has 0 radical (unpaired) electrons. The highest BCUT2D eigenvalue weighted by Gasteiger charge is 2.26. The molecule has 2 aromatic carbocycles. The molecular weight excluding hydrogens is 525 g/mol. The molecule has 1 amide bonds. The van der Waals surface area contributed by atoms with Gasteiger partial charge in [-0.15, -0.1) is 0 Å². The number of anilines is 3. The number of H-pyrrole nitrogens is 1. The van der Waals surface area contributed by atoms with E-state index in [-0.39, 0.29) is 30.3 Å². The third kappa shape index (κ3) is 6.03. The van der Waals surface area contributed by atoms with Gasteiger partial charge in [0.1, 0.15) is 23.8 Å². The van der Waals surface area contributed by atoms with Crippen molar-refractivity contribution in [3.63, 3.8) is 0 Å². The first-order valence-corrected chi connectivity index (χ1v) is 13.3. The number of hydrogen-bond acceptors (Lipinski definition) is 8. The molecule has 10 nitrogen and oxygen atoms in total. The number of halogens is 1. The SMILES string of the molecule is Nc1nc(Nc2ccc(Oc3ccnc4[nH]ccc34)c(F)c2)cc(C2CCN(C(=O)OCc3ccccc3)CC2)n1. The molecule has 1 aliphatic rings. The summed E-state index contributed by atoms with van der Waals surface area (Å²) in [6, 6.07) is 19.5. The second-order valence-corrected chi connectivity index (χ2v) is 9.76. The highest BCUT2D eigenvalue weighted by molar-refractivity contribution is 5.82. The zero-order valence-corrected chi connectivity index (χ0v) is 22.1. The molecule has 0 unspecified atom stereocenters. The van der Waals surface area contributed by atoms with E-state index in [4.69, 9.17) is 15.2 Å². The number of likely N-dealkylation sites (tertiary alicyclic amines) is 1. The average molecular weight is 554 g/mol. The fraction of sp³-hybridized carbons (Fsp3) is 0.200. The van der Waals surface area contributed by atoms with Crippen LogP contribution in [0.15, 0.2) is 79.1 Å². The van der Waals surface area contributed by atoms with Gasteiger partial charge in [-0.3, -0.25) is 0 Å². The maximum Gasteiger partial charge on any atom is 0.410 e. The average Bonchev–Trinajstić information content (AvgIpc) is 3.48. The van der Waals surface area contributed by atoms with Crippen molar-refractivity contribution in [2.75, 3.05) is 24.1 Å². The van der Waals surface area contributed by atoms with Gasteiger partial charge in [-0.25, -0.2) is 19.2 Å². The Morgan fingerprint density at radius 3 is 2.68 bits per heavy atom. The highest BCUT2D eigenvalue weighted by Crippen LogP contribution is 2.33. The predicted molar refractivity (Wildman–Crippen MR) is 152 cm³/mol. The third-order valence-electron chi connectivity index (χ3n) is 6.98. The summed E-state index contributed by atoms with van der Waals surface area (Å²) in [7, 11) is 0. The lowest BCUT2D eigenvalue weighted by atomic mass is 9.93. The van der Waals surface area contributed by atoms with E-state index >= 15 is 0 Å². The number of benzene rings is 2. The van der Waals surface area contributed by atoms with Gasteiger partial charge >= 0.3 is 6.09 Å². The number of fused-ring (bicyclic) bond motifs is 1. The van der Waals surface area contributed by atoms with Crippen molar-refractivity contribution in [1.82, 2.24) is 24.8 Å². The van der Waals surface area contributed by atoms with E-state index in [2.05, 4.69) is 25.3 Å². The summed E-state index contributed by atoms with van der Waals surface area (Å²) in [5, 5.41) is 3.87. The Balaban J connectivity index is 1.08. The lowest BCUT2D eigenvalue weighted by Crippen LogP contribution is -2.38. The van der Waals surface area contributed by atoms with Crippen molar-refractivity contribution in [3.8, 4) is 11.5 Å². The van der Waals surface area contributed by atoms with Crippen molar-refractivity contribution in [1.29, 1.82) is 0 Å². The number of pyridine rings is 1. The molecule has 0 aliphatic carbocycles. The van der Waals surface area contributed by atoms with Gasteiger partial charge in [0, 0.05) is 49.2 Å². The first-order valence-electron chi connectivity index (χ1n) is 13.3. The number of carbonyl (C=O) groups is 1. The third-order valence-corrected chi connectivity index (χ3v) is 6.98. The second kappa shape index (κ2) is 11.5. The molecule has 0 bridgehead atoms. The quantitative estimate of drug-likeness (QED) is 0.219. The zero-order valence-electron chi connectivity index (χ0n) is 22.1. The normalized spacial score (nSPS) is 13.7. The molecule has 1 fully saturated rings. The number of nitrogens with zero attached hydrogens (tertiary/aromatic N) is 4. The van der Waals surface area contributed by atoms with E-state index in [1.54, 1.807) is 35.5 Å². The molecule has 3 aromatic heterocycles. The van der Waals surface area contributed by atoms with E-state index in [1.165, 1.54) is 6.07 Å². The van der Waals surface area contributed by atoms with E-state index in [0.717, 1.165) is 16.6 Å². The standard InChI is InChI=1S/C30H28FN7O3/c31-23-16-21(6-7-26(23)41-25-9-13-34-28-22(25)8-12-33-28)35-27-17-24(36-29(32)37-27)20-10-14-38(15-11-20)30(39)40-18-19-4-2-1-3-5-19/h1-9,12-13,16-17,20H,10-11,14-15,18H2,(H,33,34)(H3,32,35,36,37). The Morgan fingerprint density at radius 1 is 1.05 bits per heavy atom. The van der Waals surface area contributed by atoms with Crippen molar-refractivity contribution >= 4 is 34.6 Å². The lowest BCUT2D eigenvalue weighted by molar-refractivity contribution is 0.0868. The molecule has 6 rings (SSSR count). The Kier molecular flexibility index (Phi) is 7.31. The van der Waals surface area contributed by atoms with Crippen LogP contribution in [-0.2, 0) is 11.3 Å². The Labute approximate surface area is 235 Å². The van der Waals surface area contributed by atoms with Crippen LogP contribution in [0, 0.1) is 5.82 Å². The number of amides is 1. The van der Waals surface area contributed by atoms with Crippen molar-refractivity contribution in [3.05, 3.63) is 96.2 Å². The maximum absolute atomic E-state index is 15.0. The molecular formula is C30H28FN7O3. The van der Waals surface area contributed by atoms with Crippen molar-refractivity contribution < 1.29 is 18.7 Å². The lowest BCUT2D eigenvalue weighted by Gasteiger charge is -2.31. The first-order chi connectivity index (χ1) is 20.0. The van der Waals surface area contributed by atoms with Crippen LogP contribution >= 0.6 is 0 Å². The maximum atomic E-state index is 15.0. The number of nitrogens with one attached hydrogen (secondary N) is 2. The molecule has 1 aliphatic heterocycles. The zero-order chi connectivity index (χ0) is 28.2. The summed E-state index contributed by atoms with van der Waals surface area (Å²) >= 11 is 0. The van der Waals surface area contributed by atoms with Gasteiger partial charge in [0.2, 0.25) is 5.95 Å². The summed E-state index contributed by atoms with van der Waals surface area (Å²) in [5.74, 6) is 0.707. The summed E-state index contributed by atoms with van der Waals surface area (Å²) in [4.78, 5) is 30.2. The van der Waals surface area contributed by atoms with Crippen LogP contribution in [0.2, 0.25) is 0 Å². The first kappa shape index (κ1) is 26.1. The number of hydrogen-bond donors (Lipinski definition) is 3. The number of aromatic nitrogens is 4. The van der Waals surface area contributed by atoms with E-state index in [1.807, 2.05) is 42.5 Å². The van der Waals surface area contributed by atoms with Gasteiger partial charge < -0.3 is 30.4 Å². The topological polar surface area (TPSA) is 131 Å². The molecule has 208 valence electrons. The molecule has 0 atom stereocenters. The molecule has 4 N–H and O–H groups in total. The van der Waals surface area contributed by atoms with Crippen LogP contribution in [-0.4, -0.2) is 44.0 Å². The minimum absolute atomic E-state index is 0.0844. The van der Waals surface area contributed by atoms with Crippen molar-refractivity contribution in [2.45, 2.75) is 25.4 Å². The van der Waals surface area contributed by atoms with Gasteiger partial charge in [0.15, 0.2) is 11.6 Å². The molecule has 0 saturated carbocycles. The molecule has 1 saturated heterocycles. The number of piperidine rings is 1. The van der Waals surface area contributed by atoms with E-state index < -0.39 is 5.82 Å². The largest absolute Gasteiger partial charge is 0.453 e. The number of ether oxygens (including phenoxy) is 2. The molecule has 5 aromatic rings. The number of rotatable bonds is 7. The predicted octanol–water partition coefficient (Wildman–Crippen LogP) is 6.13. The highest BCUT2D eigenvalue weighted by atomic mass is 19.1. The minimum Gasteiger partial charge on any atom is -0.453 e. The molecule has 4 heterocycles. The van der Waals surface area contributed by atoms with Crippen LogP contribution < -0.4 is 15.8 Å². The van der Waals surface area contributed by atoms with E-state index in [0.29, 0.717) is 48.8 Å². The number of carbonyl (C=O) groups excluding carboxylic acids is 1. The summed E-state index contributed by atoms with van der Waals surface area (Å²) in [6.45, 7) is 1.33. The van der Waals surface area contributed by atoms with Gasteiger partial charge in [-0.1, -0.05) is 30.3 Å². The monoisotopic (exact) mass is 553 g/mol. The molecule has 41 heavy (non-hydrogen) atoms. The smallest absolute Gasteiger partial charge is 0.410 e. The number of nitrogen functional groups attached to an aromatic ring is 1. The summed E-state index contributed by atoms with van der Waals surface area (Å²) in [5.41, 5.74) is 8.88. The number of nitrogens with two attached hydrogens (primary N) is 1. The second-order valence-electron chi connectivity index (χ2n) is 9.76. The fourth-order valence-corrected chi connectivity index (χ4v) is 4.88. The number of aromatic amines is 1. The van der Waals surface area contributed by atoms with E-state index in [9.17, 15) is 9.18 Å². The van der Waals surface area contributed by atoms with Crippen LogP contribution in [0.25, 0.3) is 11.0 Å². The van der Waals surface area contributed by atoms with Crippen molar-refractivity contribution in [2.24, 2.45) is 0 Å². The fourth-order valence-electron chi connectivity index (χ4n) is 4.88. The van der Waals surface area contributed by atoms with Crippen LogP contribution in [0.5, 0.6) is 11.5 Å².